The zero-order chi connectivity index (χ0) is 11.6. The summed E-state index contributed by atoms with van der Waals surface area (Å²) in [6.45, 7) is 4.01. The van der Waals surface area contributed by atoms with Gasteiger partial charge < -0.3 is 14.9 Å². The molecule has 3 N–H and O–H groups in total. The van der Waals surface area contributed by atoms with Gasteiger partial charge in [-0.25, -0.2) is 5.84 Å². The van der Waals surface area contributed by atoms with Crippen LogP contribution in [0.2, 0.25) is 0 Å². The van der Waals surface area contributed by atoms with Gasteiger partial charge in [0.2, 0.25) is 5.88 Å². The minimum absolute atomic E-state index is 0.505. The molecule has 1 rings (SSSR count). The third kappa shape index (κ3) is 4.95. The summed E-state index contributed by atoms with van der Waals surface area (Å²) >= 11 is 0. The number of aromatic nitrogens is 1. The lowest BCUT2D eigenvalue weighted by atomic mass is 10.4. The van der Waals surface area contributed by atoms with Crippen molar-refractivity contribution >= 4 is 5.82 Å². The highest BCUT2D eigenvalue weighted by Crippen LogP contribution is 2.09. The fourth-order valence-corrected chi connectivity index (χ4v) is 1.13. The highest BCUT2D eigenvalue weighted by molar-refractivity contribution is 5.35. The first-order valence-electron chi connectivity index (χ1n) is 5.51. The van der Waals surface area contributed by atoms with Gasteiger partial charge in [-0.15, -0.1) is 0 Å². The van der Waals surface area contributed by atoms with Crippen LogP contribution in [-0.4, -0.2) is 24.8 Å². The molecule has 0 aliphatic carbocycles. The molecule has 0 saturated heterocycles. The van der Waals surface area contributed by atoms with Crippen molar-refractivity contribution in [3.63, 3.8) is 0 Å². The Morgan fingerprint density at radius 3 is 2.94 bits per heavy atom. The Labute approximate surface area is 95.9 Å². The van der Waals surface area contributed by atoms with E-state index in [1.807, 2.05) is 6.07 Å². The van der Waals surface area contributed by atoms with Crippen LogP contribution in [-0.2, 0) is 4.74 Å². The van der Waals surface area contributed by atoms with Crippen molar-refractivity contribution in [1.29, 1.82) is 0 Å². The van der Waals surface area contributed by atoms with E-state index in [4.69, 9.17) is 15.3 Å². The molecule has 0 radical (unpaired) electrons. The summed E-state index contributed by atoms with van der Waals surface area (Å²) < 4.78 is 10.8. The Hall–Kier alpha value is -1.33. The third-order valence-electron chi connectivity index (χ3n) is 1.99. The van der Waals surface area contributed by atoms with E-state index in [0.29, 0.717) is 24.9 Å². The number of nitrogen functional groups attached to an aromatic ring is 1. The first-order chi connectivity index (χ1) is 7.86. The summed E-state index contributed by atoms with van der Waals surface area (Å²) in [5.41, 5.74) is 2.46. The van der Waals surface area contributed by atoms with Crippen molar-refractivity contribution < 1.29 is 9.47 Å². The van der Waals surface area contributed by atoms with E-state index in [9.17, 15) is 0 Å². The van der Waals surface area contributed by atoms with Crippen molar-refractivity contribution in [3.8, 4) is 5.88 Å². The van der Waals surface area contributed by atoms with Gasteiger partial charge in [0.15, 0.2) is 0 Å². The van der Waals surface area contributed by atoms with Gasteiger partial charge in [-0.1, -0.05) is 19.4 Å². The summed E-state index contributed by atoms with van der Waals surface area (Å²) in [5, 5.41) is 0. The number of hydrogen-bond acceptors (Lipinski definition) is 5. The van der Waals surface area contributed by atoms with Gasteiger partial charge in [-0.2, -0.15) is 4.98 Å². The first kappa shape index (κ1) is 12.7. The van der Waals surface area contributed by atoms with Gasteiger partial charge in [0, 0.05) is 12.7 Å². The van der Waals surface area contributed by atoms with Gasteiger partial charge in [-0.3, -0.25) is 0 Å². The van der Waals surface area contributed by atoms with Gasteiger partial charge in [0.25, 0.3) is 0 Å². The molecule has 16 heavy (non-hydrogen) atoms. The lowest BCUT2D eigenvalue weighted by Gasteiger charge is -2.07. The summed E-state index contributed by atoms with van der Waals surface area (Å²) in [7, 11) is 0. The monoisotopic (exact) mass is 225 g/mol. The summed E-state index contributed by atoms with van der Waals surface area (Å²) in [6, 6.07) is 5.38. The van der Waals surface area contributed by atoms with E-state index in [1.165, 1.54) is 0 Å². The number of nitrogens with one attached hydrogen (secondary N) is 1. The van der Waals surface area contributed by atoms with Gasteiger partial charge in [0.05, 0.1) is 6.61 Å². The molecule has 1 aromatic heterocycles. The average molecular weight is 225 g/mol. The predicted molar refractivity (Wildman–Crippen MR) is 63.3 cm³/mol. The molecule has 0 fully saturated rings. The molecule has 0 amide bonds. The summed E-state index contributed by atoms with van der Waals surface area (Å²) in [5.74, 6) is 6.37. The zero-order valence-electron chi connectivity index (χ0n) is 9.61. The summed E-state index contributed by atoms with van der Waals surface area (Å²) in [6.07, 6.45) is 2.23. The number of hydrogen-bond donors (Lipinski definition) is 2. The molecule has 5 heteroatoms. The van der Waals surface area contributed by atoms with E-state index in [2.05, 4.69) is 17.3 Å². The van der Waals surface area contributed by atoms with Crippen molar-refractivity contribution in [2.75, 3.05) is 25.2 Å². The molecule has 0 spiro atoms. The van der Waals surface area contributed by atoms with Crippen molar-refractivity contribution in [2.24, 2.45) is 5.84 Å². The van der Waals surface area contributed by atoms with Crippen LogP contribution in [0.4, 0.5) is 5.82 Å². The molecular formula is C11H19N3O2. The van der Waals surface area contributed by atoms with Crippen molar-refractivity contribution in [3.05, 3.63) is 18.2 Å². The number of ether oxygens (including phenoxy) is 2. The number of nitrogens with zero attached hydrogens (tertiary/aromatic N) is 1. The average Bonchev–Trinajstić information content (AvgIpc) is 2.34. The van der Waals surface area contributed by atoms with Crippen molar-refractivity contribution in [1.82, 2.24) is 4.98 Å². The topological polar surface area (TPSA) is 69.4 Å². The molecule has 0 aliphatic heterocycles. The van der Waals surface area contributed by atoms with Crippen LogP contribution in [0.15, 0.2) is 18.2 Å². The number of rotatable bonds is 8. The van der Waals surface area contributed by atoms with Crippen LogP contribution < -0.4 is 16.0 Å². The van der Waals surface area contributed by atoms with Crippen LogP contribution in [0.25, 0.3) is 0 Å². The largest absolute Gasteiger partial charge is 0.475 e. The van der Waals surface area contributed by atoms with Crippen LogP contribution in [0.3, 0.4) is 0 Å². The lowest BCUT2D eigenvalue weighted by Crippen LogP contribution is -2.11. The van der Waals surface area contributed by atoms with E-state index in [1.54, 1.807) is 12.1 Å². The molecule has 1 heterocycles. The second-order valence-corrected chi connectivity index (χ2v) is 3.32. The maximum absolute atomic E-state index is 5.40. The van der Waals surface area contributed by atoms with E-state index >= 15 is 0 Å². The smallest absolute Gasteiger partial charge is 0.215 e. The Morgan fingerprint density at radius 2 is 2.19 bits per heavy atom. The molecule has 0 saturated carbocycles. The van der Waals surface area contributed by atoms with E-state index < -0.39 is 0 Å². The second kappa shape index (κ2) is 7.90. The molecule has 0 atom stereocenters. The number of pyridine rings is 1. The molecule has 0 unspecified atom stereocenters. The Morgan fingerprint density at radius 1 is 1.31 bits per heavy atom. The fraction of sp³-hybridized carbons (Fsp3) is 0.545. The third-order valence-corrected chi connectivity index (χ3v) is 1.99. The summed E-state index contributed by atoms with van der Waals surface area (Å²) in [4.78, 5) is 4.11. The van der Waals surface area contributed by atoms with Gasteiger partial charge in [-0.05, 0) is 12.5 Å². The number of unbranched alkanes of at least 4 members (excludes halogenated alkanes) is 1. The first-order valence-corrected chi connectivity index (χ1v) is 5.51. The Kier molecular flexibility index (Phi) is 6.29. The molecule has 0 bridgehead atoms. The van der Waals surface area contributed by atoms with Crippen molar-refractivity contribution in [2.45, 2.75) is 19.8 Å². The molecule has 0 aromatic carbocycles. The van der Waals surface area contributed by atoms with Crippen LogP contribution in [0.5, 0.6) is 5.88 Å². The van der Waals surface area contributed by atoms with E-state index in [-0.39, 0.29) is 0 Å². The zero-order valence-corrected chi connectivity index (χ0v) is 9.61. The Bertz CT molecular complexity index is 294. The quantitative estimate of drug-likeness (QED) is 0.399. The maximum Gasteiger partial charge on any atom is 0.215 e. The maximum atomic E-state index is 5.40. The minimum Gasteiger partial charge on any atom is -0.475 e. The number of anilines is 1. The van der Waals surface area contributed by atoms with Crippen LogP contribution in [0, 0.1) is 0 Å². The Balaban J connectivity index is 2.16. The highest BCUT2D eigenvalue weighted by Gasteiger charge is 1.96. The molecule has 5 nitrogen and oxygen atoms in total. The number of nitrogens with two attached hydrogens (primary N) is 1. The van der Waals surface area contributed by atoms with Crippen LogP contribution in [0.1, 0.15) is 19.8 Å². The highest BCUT2D eigenvalue weighted by atomic mass is 16.5. The van der Waals surface area contributed by atoms with Gasteiger partial charge >= 0.3 is 0 Å². The van der Waals surface area contributed by atoms with E-state index in [0.717, 1.165) is 19.4 Å². The minimum atomic E-state index is 0.505. The molecule has 0 aliphatic rings. The molecule has 1 aromatic rings. The standard InChI is InChI=1S/C11H19N3O2/c1-2-3-7-15-8-9-16-11-6-4-5-10(13-11)14-12/h4-6H,2-3,7-9,12H2,1H3,(H,13,14). The number of hydrazine groups is 1. The lowest BCUT2D eigenvalue weighted by molar-refractivity contribution is 0.0966. The normalized spacial score (nSPS) is 10.1. The van der Waals surface area contributed by atoms with Crippen LogP contribution >= 0.6 is 0 Å². The second-order valence-electron chi connectivity index (χ2n) is 3.32. The van der Waals surface area contributed by atoms with Gasteiger partial charge in [0.1, 0.15) is 12.4 Å². The predicted octanol–water partition coefficient (Wildman–Crippen LogP) is 1.56. The SMILES string of the molecule is CCCCOCCOc1cccc(NN)n1. The molecule has 90 valence electrons. The molecular weight excluding hydrogens is 206 g/mol. The fourth-order valence-electron chi connectivity index (χ4n) is 1.13.